The molecule has 0 aliphatic carbocycles. The first-order valence-corrected chi connectivity index (χ1v) is 7.78. The number of carbonyl (C=O) groups excluding carboxylic acids is 3. The highest BCUT2D eigenvalue weighted by Crippen LogP contribution is 2.10. The summed E-state index contributed by atoms with van der Waals surface area (Å²) in [6.45, 7) is 3.29. The first-order valence-electron chi connectivity index (χ1n) is 7.78. The summed E-state index contributed by atoms with van der Waals surface area (Å²) in [7, 11) is 0. The molecule has 1 atom stereocenters. The maximum atomic E-state index is 11.8. The zero-order chi connectivity index (χ0) is 16.7. The number of nitrogens with one attached hydrogen (secondary N) is 1. The molecule has 23 heavy (non-hydrogen) atoms. The summed E-state index contributed by atoms with van der Waals surface area (Å²) in [4.78, 5) is 35.7. The second-order valence-corrected chi connectivity index (χ2v) is 5.78. The minimum atomic E-state index is -0.316. The van der Waals surface area contributed by atoms with Crippen molar-refractivity contribution in [2.75, 3.05) is 19.7 Å². The van der Waals surface area contributed by atoms with Crippen LogP contribution in [0.1, 0.15) is 25.3 Å². The second-order valence-electron chi connectivity index (χ2n) is 5.78. The molecule has 0 bridgehead atoms. The summed E-state index contributed by atoms with van der Waals surface area (Å²) in [5, 5.41) is 2.73. The SMILES string of the molecule is CC(CNC(=O)CN1C(=O)CCC1=O)COCc1ccccc1. The number of nitrogens with zero attached hydrogens (tertiary/aromatic N) is 1. The number of rotatable bonds is 8. The van der Waals surface area contributed by atoms with E-state index < -0.39 is 0 Å². The predicted octanol–water partition coefficient (Wildman–Crippen LogP) is 1.10. The normalized spacial score (nSPS) is 15.8. The van der Waals surface area contributed by atoms with Crippen LogP contribution >= 0.6 is 0 Å². The molecule has 1 fully saturated rings. The monoisotopic (exact) mass is 318 g/mol. The van der Waals surface area contributed by atoms with Crippen molar-refractivity contribution in [1.29, 1.82) is 0 Å². The van der Waals surface area contributed by atoms with Crippen LogP contribution in [0.2, 0.25) is 0 Å². The van der Waals surface area contributed by atoms with E-state index in [2.05, 4.69) is 5.32 Å². The number of likely N-dealkylation sites (tertiary alicyclic amines) is 1. The van der Waals surface area contributed by atoms with Gasteiger partial charge in [0.25, 0.3) is 0 Å². The van der Waals surface area contributed by atoms with Crippen LogP contribution in [0.3, 0.4) is 0 Å². The van der Waals surface area contributed by atoms with Crippen LogP contribution < -0.4 is 5.32 Å². The lowest BCUT2D eigenvalue weighted by molar-refractivity contribution is -0.142. The van der Waals surface area contributed by atoms with Gasteiger partial charge in [0.15, 0.2) is 0 Å². The maximum Gasteiger partial charge on any atom is 0.240 e. The molecule has 1 unspecified atom stereocenters. The van der Waals surface area contributed by atoms with E-state index in [4.69, 9.17) is 4.74 Å². The minimum Gasteiger partial charge on any atom is -0.376 e. The molecule has 1 aromatic carbocycles. The van der Waals surface area contributed by atoms with Crippen LogP contribution in [-0.4, -0.2) is 42.3 Å². The Morgan fingerprint density at radius 1 is 1.22 bits per heavy atom. The van der Waals surface area contributed by atoms with Crippen LogP contribution in [-0.2, 0) is 25.7 Å². The Morgan fingerprint density at radius 3 is 2.52 bits per heavy atom. The van der Waals surface area contributed by atoms with Gasteiger partial charge < -0.3 is 10.1 Å². The molecule has 124 valence electrons. The molecule has 1 aliphatic rings. The summed E-state index contributed by atoms with van der Waals surface area (Å²) in [5.41, 5.74) is 1.11. The Balaban J connectivity index is 1.62. The highest BCUT2D eigenvalue weighted by atomic mass is 16.5. The van der Waals surface area contributed by atoms with Gasteiger partial charge in [-0.2, -0.15) is 0 Å². The van der Waals surface area contributed by atoms with Crippen LogP contribution in [0.15, 0.2) is 30.3 Å². The standard InChI is InChI=1S/C17H22N2O4/c1-13(11-23-12-14-5-3-2-4-6-14)9-18-15(20)10-19-16(21)7-8-17(19)22/h2-6,13H,7-12H2,1H3,(H,18,20). The first kappa shape index (κ1) is 17.1. The van der Waals surface area contributed by atoms with Gasteiger partial charge in [0.2, 0.25) is 17.7 Å². The van der Waals surface area contributed by atoms with Crippen molar-refractivity contribution in [2.45, 2.75) is 26.4 Å². The molecule has 0 saturated carbocycles. The van der Waals surface area contributed by atoms with Gasteiger partial charge in [-0.05, 0) is 11.5 Å². The van der Waals surface area contributed by atoms with Gasteiger partial charge in [-0.3, -0.25) is 19.3 Å². The van der Waals surface area contributed by atoms with Crippen LogP contribution in [0.5, 0.6) is 0 Å². The van der Waals surface area contributed by atoms with E-state index in [1.807, 2.05) is 37.3 Å². The lowest BCUT2D eigenvalue weighted by Crippen LogP contribution is -2.41. The van der Waals surface area contributed by atoms with Crippen molar-refractivity contribution in [2.24, 2.45) is 5.92 Å². The topological polar surface area (TPSA) is 75.7 Å². The molecule has 2 rings (SSSR count). The highest BCUT2D eigenvalue weighted by molar-refractivity contribution is 6.04. The molecule has 0 aromatic heterocycles. The zero-order valence-electron chi connectivity index (χ0n) is 13.3. The molecule has 1 saturated heterocycles. The second kappa shape index (κ2) is 8.43. The number of hydrogen-bond acceptors (Lipinski definition) is 4. The van der Waals surface area contributed by atoms with Crippen LogP contribution in [0.25, 0.3) is 0 Å². The number of amides is 3. The maximum absolute atomic E-state index is 11.8. The molecule has 1 aromatic rings. The van der Waals surface area contributed by atoms with Gasteiger partial charge in [-0.15, -0.1) is 0 Å². The summed E-state index contributed by atoms with van der Waals surface area (Å²) in [6, 6.07) is 9.87. The van der Waals surface area contributed by atoms with Crippen molar-refractivity contribution >= 4 is 17.7 Å². The number of benzene rings is 1. The van der Waals surface area contributed by atoms with Crippen molar-refractivity contribution < 1.29 is 19.1 Å². The Morgan fingerprint density at radius 2 is 1.87 bits per heavy atom. The quantitative estimate of drug-likeness (QED) is 0.728. The van der Waals surface area contributed by atoms with Crippen molar-refractivity contribution in [3.8, 4) is 0 Å². The Labute approximate surface area is 135 Å². The Hall–Kier alpha value is -2.21. The molecular weight excluding hydrogens is 296 g/mol. The van der Waals surface area contributed by atoms with Gasteiger partial charge in [-0.25, -0.2) is 0 Å². The predicted molar refractivity (Wildman–Crippen MR) is 84.2 cm³/mol. The number of hydrogen-bond donors (Lipinski definition) is 1. The summed E-state index contributed by atoms with van der Waals surface area (Å²) >= 11 is 0. The summed E-state index contributed by atoms with van der Waals surface area (Å²) < 4.78 is 5.61. The fourth-order valence-corrected chi connectivity index (χ4v) is 2.30. The first-order chi connectivity index (χ1) is 11.1. The van der Waals surface area contributed by atoms with E-state index in [0.717, 1.165) is 10.5 Å². The van der Waals surface area contributed by atoms with Gasteiger partial charge in [0, 0.05) is 19.4 Å². The third kappa shape index (κ3) is 5.49. The van der Waals surface area contributed by atoms with Crippen molar-refractivity contribution in [3.63, 3.8) is 0 Å². The molecule has 3 amide bonds. The van der Waals surface area contributed by atoms with E-state index in [1.165, 1.54) is 0 Å². The van der Waals surface area contributed by atoms with Crippen molar-refractivity contribution in [1.82, 2.24) is 10.2 Å². The molecule has 1 aliphatic heterocycles. The number of carbonyl (C=O) groups is 3. The molecule has 0 radical (unpaired) electrons. The van der Waals surface area contributed by atoms with Gasteiger partial charge >= 0.3 is 0 Å². The van der Waals surface area contributed by atoms with Crippen molar-refractivity contribution in [3.05, 3.63) is 35.9 Å². The fraction of sp³-hybridized carbons (Fsp3) is 0.471. The fourth-order valence-electron chi connectivity index (χ4n) is 2.30. The molecule has 6 nitrogen and oxygen atoms in total. The Kier molecular flexibility index (Phi) is 6.29. The van der Waals surface area contributed by atoms with E-state index >= 15 is 0 Å². The molecule has 1 N–H and O–H groups in total. The minimum absolute atomic E-state index is 0.146. The van der Waals surface area contributed by atoms with Crippen LogP contribution in [0, 0.1) is 5.92 Å². The largest absolute Gasteiger partial charge is 0.376 e. The van der Waals surface area contributed by atoms with E-state index in [-0.39, 0.29) is 43.0 Å². The smallest absolute Gasteiger partial charge is 0.240 e. The Bertz CT molecular complexity index is 543. The molecule has 1 heterocycles. The molecule has 6 heteroatoms. The van der Waals surface area contributed by atoms with Crippen LogP contribution in [0.4, 0.5) is 0 Å². The highest BCUT2D eigenvalue weighted by Gasteiger charge is 2.30. The number of ether oxygens (including phenoxy) is 1. The third-order valence-electron chi connectivity index (χ3n) is 3.62. The molecule has 0 spiro atoms. The number of imide groups is 1. The van der Waals surface area contributed by atoms with Gasteiger partial charge in [0.1, 0.15) is 6.54 Å². The summed E-state index contributed by atoms with van der Waals surface area (Å²) in [6.07, 6.45) is 0.408. The zero-order valence-corrected chi connectivity index (χ0v) is 13.3. The average molecular weight is 318 g/mol. The molecular formula is C17H22N2O4. The van der Waals surface area contributed by atoms with E-state index in [9.17, 15) is 14.4 Å². The van der Waals surface area contributed by atoms with Gasteiger partial charge in [0.05, 0.1) is 13.2 Å². The van der Waals surface area contributed by atoms with Gasteiger partial charge in [-0.1, -0.05) is 37.3 Å². The lowest BCUT2D eigenvalue weighted by atomic mass is 10.2. The lowest BCUT2D eigenvalue weighted by Gasteiger charge is -2.16. The third-order valence-corrected chi connectivity index (χ3v) is 3.62. The van der Waals surface area contributed by atoms with E-state index in [0.29, 0.717) is 19.8 Å². The summed E-state index contributed by atoms with van der Waals surface area (Å²) in [5.74, 6) is -0.718. The average Bonchev–Trinajstić information content (AvgIpc) is 2.86. The van der Waals surface area contributed by atoms with E-state index in [1.54, 1.807) is 0 Å².